The van der Waals surface area contributed by atoms with Crippen molar-refractivity contribution < 1.29 is 4.74 Å². The number of likely N-dealkylation sites (N-methyl/N-ethyl adjacent to an activating group) is 1. The number of hydrogen-bond donors (Lipinski definition) is 0. The molecule has 112 valence electrons. The predicted molar refractivity (Wildman–Crippen MR) is 84.5 cm³/mol. The molecular formula is C17H28N2O. The average molecular weight is 276 g/mol. The molecule has 3 heteroatoms. The van der Waals surface area contributed by atoms with E-state index in [1.165, 1.54) is 11.1 Å². The second-order valence-electron chi connectivity index (χ2n) is 6.90. The molecule has 0 spiro atoms. The van der Waals surface area contributed by atoms with E-state index in [0.29, 0.717) is 0 Å². The number of benzene rings is 1. The van der Waals surface area contributed by atoms with E-state index in [4.69, 9.17) is 4.74 Å². The summed E-state index contributed by atoms with van der Waals surface area (Å²) in [6.07, 6.45) is 0. The summed E-state index contributed by atoms with van der Waals surface area (Å²) in [6.45, 7) is 12.4. The Kier molecular flexibility index (Phi) is 4.71. The summed E-state index contributed by atoms with van der Waals surface area (Å²) in [5.74, 6) is 0.974. The maximum Gasteiger partial charge on any atom is 0.119 e. The summed E-state index contributed by atoms with van der Waals surface area (Å²) in [7, 11) is 3.95. The van der Waals surface area contributed by atoms with Crippen LogP contribution in [0.2, 0.25) is 0 Å². The van der Waals surface area contributed by atoms with Gasteiger partial charge < -0.3 is 9.64 Å². The lowest BCUT2D eigenvalue weighted by Gasteiger charge is -2.32. The van der Waals surface area contributed by atoms with Gasteiger partial charge in [0, 0.05) is 32.7 Å². The summed E-state index contributed by atoms with van der Waals surface area (Å²) in [4.78, 5) is 4.92. The van der Waals surface area contributed by atoms with E-state index in [-0.39, 0.29) is 5.41 Å². The topological polar surface area (TPSA) is 15.7 Å². The van der Waals surface area contributed by atoms with Gasteiger partial charge in [-0.3, -0.25) is 4.90 Å². The van der Waals surface area contributed by atoms with Crippen molar-refractivity contribution in [2.45, 2.75) is 32.7 Å². The molecule has 1 aromatic carbocycles. The first-order chi connectivity index (χ1) is 9.38. The molecule has 0 saturated carbocycles. The molecule has 3 nitrogen and oxygen atoms in total. The highest BCUT2D eigenvalue weighted by molar-refractivity contribution is 5.37. The van der Waals surface area contributed by atoms with Crippen LogP contribution in [0.1, 0.15) is 31.9 Å². The molecule has 1 aliphatic heterocycles. The van der Waals surface area contributed by atoms with Gasteiger partial charge in [-0.05, 0) is 35.7 Å². The van der Waals surface area contributed by atoms with Crippen molar-refractivity contribution >= 4 is 0 Å². The zero-order valence-corrected chi connectivity index (χ0v) is 13.6. The molecule has 0 bridgehead atoms. The first-order valence-corrected chi connectivity index (χ1v) is 7.48. The van der Waals surface area contributed by atoms with Crippen molar-refractivity contribution in [3.63, 3.8) is 0 Å². The van der Waals surface area contributed by atoms with Gasteiger partial charge in [0.25, 0.3) is 0 Å². The summed E-state index contributed by atoms with van der Waals surface area (Å²) in [5, 5.41) is 0. The largest absolute Gasteiger partial charge is 0.497 e. The molecule has 0 radical (unpaired) electrons. The van der Waals surface area contributed by atoms with Gasteiger partial charge >= 0.3 is 0 Å². The zero-order valence-electron chi connectivity index (χ0n) is 13.6. The fraction of sp³-hybridized carbons (Fsp3) is 0.647. The van der Waals surface area contributed by atoms with Gasteiger partial charge in [0.2, 0.25) is 0 Å². The zero-order chi connectivity index (χ0) is 14.8. The molecule has 0 N–H and O–H groups in total. The van der Waals surface area contributed by atoms with Crippen LogP contribution in [0.25, 0.3) is 0 Å². The molecule has 1 heterocycles. The second kappa shape index (κ2) is 6.15. The van der Waals surface area contributed by atoms with Crippen LogP contribution in [0.5, 0.6) is 5.75 Å². The van der Waals surface area contributed by atoms with Gasteiger partial charge in [0.15, 0.2) is 0 Å². The predicted octanol–water partition coefficient (Wildman–Crippen LogP) is 2.74. The molecule has 0 amide bonds. The highest BCUT2D eigenvalue weighted by Gasteiger charge is 2.18. The number of ether oxygens (including phenoxy) is 1. The molecule has 1 saturated heterocycles. The number of rotatable bonds is 3. The Morgan fingerprint density at radius 2 is 1.70 bits per heavy atom. The minimum atomic E-state index is 0.158. The lowest BCUT2D eigenvalue weighted by Crippen LogP contribution is -2.43. The highest BCUT2D eigenvalue weighted by atomic mass is 16.5. The molecule has 2 rings (SSSR count). The lowest BCUT2D eigenvalue weighted by molar-refractivity contribution is 0.148. The van der Waals surface area contributed by atoms with Gasteiger partial charge in [-0.1, -0.05) is 26.8 Å². The van der Waals surface area contributed by atoms with Crippen molar-refractivity contribution in [2.24, 2.45) is 0 Å². The number of methoxy groups -OCH3 is 1. The number of piperazine rings is 1. The number of hydrogen-bond acceptors (Lipinski definition) is 3. The normalized spacial score (nSPS) is 18.2. The third kappa shape index (κ3) is 3.97. The lowest BCUT2D eigenvalue weighted by atomic mass is 9.86. The van der Waals surface area contributed by atoms with Crippen LogP contribution < -0.4 is 4.74 Å². The second-order valence-corrected chi connectivity index (χ2v) is 6.90. The minimum Gasteiger partial charge on any atom is -0.497 e. The molecular weight excluding hydrogens is 248 g/mol. The van der Waals surface area contributed by atoms with Gasteiger partial charge in [0.1, 0.15) is 5.75 Å². The Labute approximate surface area is 123 Å². The van der Waals surface area contributed by atoms with Crippen molar-refractivity contribution in [1.29, 1.82) is 0 Å². The summed E-state index contributed by atoms with van der Waals surface area (Å²) in [5.41, 5.74) is 2.87. The van der Waals surface area contributed by atoms with Crippen molar-refractivity contribution in [2.75, 3.05) is 40.3 Å². The first-order valence-electron chi connectivity index (χ1n) is 7.48. The van der Waals surface area contributed by atoms with Crippen LogP contribution in [-0.2, 0) is 12.0 Å². The fourth-order valence-corrected chi connectivity index (χ4v) is 2.57. The van der Waals surface area contributed by atoms with E-state index in [2.05, 4.69) is 55.8 Å². The Hall–Kier alpha value is -1.06. The van der Waals surface area contributed by atoms with Crippen LogP contribution >= 0.6 is 0 Å². The molecule has 0 aliphatic carbocycles. The third-order valence-electron chi connectivity index (χ3n) is 4.07. The molecule has 0 aromatic heterocycles. The summed E-state index contributed by atoms with van der Waals surface area (Å²) in [6, 6.07) is 6.67. The quantitative estimate of drug-likeness (QED) is 0.844. The molecule has 0 atom stereocenters. The summed E-state index contributed by atoms with van der Waals surface area (Å²) >= 11 is 0. The third-order valence-corrected chi connectivity index (χ3v) is 4.07. The van der Waals surface area contributed by atoms with Crippen LogP contribution in [-0.4, -0.2) is 50.1 Å². The average Bonchev–Trinajstić information content (AvgIpc) is 2.40. The van der Waals surface area contributed by atoms with E-state index in [1.54, 1.807) is 7.11 Å². The van der Waals surface area contributed by atoms with Gasteiger partial charge in [-0.25, -0.2) is 0 Å². The van der Waals surface area contributed by atoms with Crippen LogP contribution in [0, 0.1) is 0 Å². The van der Waals surface area contributed by atoms with E-state index in [1.807, 2.05) is 0 Å². The minimum absolute atomic E-state index is 0.158. The smallest absolute Gasteiger partial charge is 0.119 e. The van der Waals surface area contributed by atoms with E-state index in [0.717, 1.165) is 38.5 Å². The van der Waals surface area contributed by atoms with Crippen LogP contribution in [0.15, 0.2) is 18.2 Å². The Balaban J connectivity index is 2.14. The monoisotopic (exact) mass is 276 g/mol. The highest BCUT2D eigenvalue weighted by Crippen LogP contribution is 2.28. The van der Waals surface area contributed by atoms with Crippen molar-refractivity contribution in [3.8, 4) is 5.75 Å². The van der Waals surface area contributed by atoms with E-state index < -0.39 is 0 Å². The van der Waals surface area contributed by atoms with Crippen LogP contribution in [0.3, 0.4) is 0 Å². The molecule has 0 unspecified atom stereocenters. The van der Waals surface area contributed by atoms with E-state index in [9.17, 15) is 0 Å². The number of nitrogens with zero attached hydrogens (tertiary/aromatic N) is 2. The van der Waals surface area contributed by atoms with Crippen molar-refractivity contribution in [1.82, 2.24) is 9.80 Å². The van der Waals surface area contributed by atoms with Gasteiger partial charge in [-0.2, -0.15) is 0 Å². The van der Waals surface area contributed by atoms with Crippen molar-refractivity contribution in [3.05, 3.63) is 29.3 Å². The molecule has 1 fully saturated rings. The molecule has 1 aromatic rings. The van der Waals surface area contributed by atoms with E-state index >= 15 is 0 Å². The standard InChI is InChI=1S/C17H28N2O/c1-17(2,3)15-10-14(11-16(12-15)20-5)13-19-8-6-18(4)7-9-19/h10-12H,6-9,13H2,1-5H3. The van der Waals surface area contributed by atoms with Crippen LogP contribution in [0.4, 0.5) is 0 Å². The SMILES string of the molecule is COc1cc(CN2CCN(C)CC2)cc(C(C)(C)C)c1. The first kappa shape index (κ1) is 15.3. The fourth-order valence-electron chi connectivity index (χ4n) is 2.57. The molecule has 20 heavy (non-hydrogen) atoms. The molecule has 1 aliphatic rings. The Morgan fingerprint density at radius 1 is 1.05 bits per heavy atom. The van der Waals surface area contributed by atoms with Gasteiger partial charge in [-0.15, -0.1) is 0 Å². The summed E-state index contributed by atoms with van der Waals surface area (Å²) < 4.78 is 5.47. The van der Waals surface area contributed by atoms with Gasteiger partial charge in [0.05, 0.1) is 7.11 Å². The maximum absolute atomic E-state index is 5.47. The maximum atomic E-state index is 5.47. The Bertz CT molecular complexity index is 443. The Morgan fingerprint density at radius 3 is 2.25 bits per heavy atom.